The summed E-state index contributed by atoms with van der Waals surface area (Å²) in [5.41, 5.74) is 2.70. The second-order valence-electron chi connectivity index (χ2n) is 11.1. The van der Waals surface area contributed by atoms with Crippen LogP contribution in [0.2, 0.25) is 10.0 Å². The molecule has 12 heteroatoms. The number of aryl methyl sites for hydroxylation is 1. The van der Waals surface area contributed by atoms with Crippen LogP contribution in [0.3, 0.4) is 0 Å². The number of benzene rings is 3. The number of hydrogen-bond donors (Lipinski definition) is 3. The van der Waals surface area contributed by atoms with Gasteiger partial charge < -0.3 is 20.7 Å². The number of hydrogen-bond acceptors (Lipinski definition) is 7. The Balaban J connectivity index is 1.33. The molecule has 0 radical (unpaired) electrons. The highest BCUT2D eigenvalue weighted by Crippen LogP contribution is 2.39. The summed E-state index contributed by atoms with van der Waals surface area (Å²) in [6.07, 6.45) is 5.70. The zero-order chi connectivity index (χ0) is 34.9. The molecule has 1 atom stereocenters. The molecule has 0 saturated carbocycles. The number of anilines is 2. The summed E-state index contributed by atoms with van der Waals surface area (Å²) >= 11 is 15.4. The van der Waals surface area contributed by atoms with E-state index in [0.29, 0.717) is 38.8 Å². The number of fused-ring (bicyclic) bond motifs is 1. The molecule has 3 N–H and O–H groups in total. The number of amides is 3. The van der Waals surface area contributed by atoms with E-state index in [2.05, 4.69) is 16.0 Å². The summed E-state index contributed by atoms with van der Waals surface area (Å²) in [6, 6.07) is 20.6. The van der Waals surface area contributed by atoms with Gasteiger partial charge in [0.05, 0.1) is 27.5 Å². The zero-order valence-corrected chi connectivity index (χ0v) is 30.1. The smallest absolute Gasteiger partial charge is 0.341 e. The number of thioether (sulfide) groups is 1. The third-order valence-electron chi connectivity index (χ3n) is 7.73. The molecule has 0 bridgehead atoms. The fraction of sp³-hybridized carbons (Fsp3) is 0.243. The molecule has 0 saturated heterocycles. The molecule has 1 unspecified atom stereocenters. The van der Waals surface area contributed by atoms with Crippen LogP contribution in [0.4, 0.5) is 10.7 Å². The Morgan fingerprint density at radius 1 is 0.939 bits per heavy atom. The van der Waals surface area contributed by atoms with Crippen LogP contribution in [0.1, 0.15) is 69.8 Å². The maximum absolute atomic E-state index is 13.6. The van der Waals surface area contributed by atoms with Gasteiger partial charge in [0.25, 0.3) is 11.8 Å². The molecule has 1 heterocycles. The molecule has 1 aromatic heterocycles. The molecule has 1 aliphatic carbocycles. The summed E-state index contributed by atoms with van der Waals surface area (Å²) < 4.78 is 5.34. The van der Waals surface area contributed by atoms with Crippen LogP contribution in [0.25, 0.3) is 6.08 Å². The number of halogens is 2. The van der Waals surface area contributed by atoms with Gasteiger partial charge in [-0.25, -0.2) is 4.79 Å². The van der Waals surface area contributed by atoms with Crippen LogP contribution >= 0.6 is 46.3 Å². The van der Waals surface area contributed by atoms with Crippen molar-refractivity contribution in [2.75, 3.05) is 17.2 Å². The molecule has 1 aliphatic rings. The lowest BCUT2D eigenvalue weighted by molar-refractivity contribution is -0.116. The minimum atomic E-state index is -0.583. The van der Waals surface area contributed by atoms with Crippen molar-refractivity contribution in [2.24, 2.45) is 0 Å². The zero-order valence-electron chi connectivity index (χ0n) is 26.9. The highest BCUT2D eigenvalue weighted by molar-refractivity contribution is 8.00. The summed E-state index contributed by atoms with van der Waals surface area (Å²) in [4.78, 5) is 55.0. The topological polar surface area (TPSA) is 114 Å². The first-order valence-corrected chi connectivity index (χ1v) is 18.4. The van der Waals surface area contributed by atoms with Crippen molar-refractivity contribution < 1.29 is 23.9 Å². The lowest BCUT2D eigenvalue weighted by Crippen LogP contribution is -2.30. The standard InChI is InChI=1S/C37H35Cl2N3O5S2/c1-3-29(35(45)42-36-31(37(46)47-4-2)26-17-8-9-19-30(26)49-36)48-25-16-11-15-24(21-25)40-34(44)28(20-23-14-10-18-27(38)32(23)39)41-33(43)22-12-6-5-7-13-22/h5-7,10-16,18,20-21,29H,3-4,8-9,17,19H2,1-2H3,(H,40,44)(H,41,43)(H,42,45)/b28-20+. The molecule has 0 aliphatic heterocycles. The van der Waals surface area contributed by atoms with E-state index in [-0.39, 0.29) is 23.2 Å². The molecule has 0 fully saturated rings. The van der Waals surface area contributed by atoms with Gasteiger partial charge in [0.2, 0.25) is 5.91 Å². The Morgan fingerprint density at radius 3 is 2.45 bits per heavy atom. The Hall–Kier alpha value is -4.09. The first-order chi connectivity index (χ1) is 23.7. The lowest BCUT2D eigenvalue weighted by Gasteiger charge is -2.16. The molecule has 3 aromatic carbocycles. The molecule has 0 spiro atoms. The van der Waals surface area contributed by atoms with Crippen LogP contribution in [-0.4, -0.2) is 35.5 Å². The predicted octanol–water partition coefficient (Wildman–Crippen LogP) is 9.03. The normalized spacial score (nSPS) is 13.2. The second-order valence-corrected chi connectivity index (χ2v) is 14.3. The van der Waals surface area contributed by atoms with Gasteiger partial charge in [0.15, 0.2) is 0 Å². The third-order valence-corrected chi connectivity index (χ3v) is 11.1. The van der Waals surface area contributed by atoms with E-state index in [1.165, 1.54) is 29.2 Å². The van der Waals surface area contributed by atoms with Crippen molar-refractivity contribution >= 4 is 86.8 Å². The van der Waals surface area contributed by atoms with Gasteiger partial charge in [0, 0.05) is 21.0 Å². The van der Waals surface area contributed by atoms with E-state index in [1.54, 1.807) is 73.7 Å². The van der Waals surface area contributed by atoms with Gasteiger partial charge in [-0.05, 0) is 92.6 Å². The average molecular weight is 737 g/mol. The molecule has 49 heavy (non-hydrogen) atoms. The Bertz CT molecular complexity index is 1890. The summed E-state index contributed by atoms with van der Waals surface area (Å²) in [7, 11) is 0. The van der Waals surface area contributed by atoms with E-state index in [4.69, 9.17) is 27.9 Å². The van der Waals surface area contributed by atoms with Crippen molar-refractivity contribution in [1.82, 2.24) is 5.32 Å². The number of rotatable bonds is 12. The summed E-state index contributed by atoms with van der Waals surface area (Å²) in [6.45, 7) is 3.94. The molecule has 254 valence electrons. The van der Waals surface area contributed by atoms with Crippen LogP contribution < -0.4 is 16.0 Å². The number of ether oxygens (including phenoxy) is 1. The molecular weight excluding hydrogens is 701 g/mol. The van der Waals surface area contributed by atoms with Gasteiger partial charge in [-0.3, -0.25) is 14.4 Å². The Labute approximate surface area is 303 Å². The van der Waals surface area contributed by atoms with Gasteiger partial charge in [-0.1, -0.05) is 66.5 Å². The first-order valence-electron chi connectivity index (χ1n) is 15.9. The van der Waals surface area contributed by atoms with Crippen molar-refractivity contribution in [3.8, 4) is 0 Å². The SMILES string of the molecule is CCOC(=O)c1c(NC(=O)C(CC)Sc2cccc(NC(=O)/C(=C\c3cccc(Cl)c3Cl)NC(=O)c3ccccc3)c2)sc2c1CCCC2. The van der Waals surface area contributed by atoms with E-state index < -0.39 is 23.0 Å². The molecule has 4 aromatic rings. The largest absolute Gasteiger partial charge is 0.462 e. The molecular formula is C37H35Cl2N3O5S2. The van der Waals surface area contributed by atoms with Crippen LogP contribution in [0, 0.1) is 0 Å². The van der Waals surface area contributed by atoms with Crippen molar-refractivity contribution in [2.45, 2.75) is 56.1 Å². The van der Waals surface area contributed by atoms with Crippen LogP contribution in [0.15, 0.2) is 83.4 Å². The van der Waals surface area contributed by atoms with E-state index >= 15 is 0 Å². The Kier molecular flexibility index (Phi) is 12.6. The van der Waals surface area contributed by atoms with Crippen molar-refractivity contribution in [3.05, 3.63) is 116 Å². The number of nitrogens with one attached hydrogen (secondary N) is 3. The predicted molar refractivity (Wildman–Crippen MR) is 199 cm³/mol. The number of carbonyl (C=O) groups excluding carboxylic acids is 4. The fourth-order valence-corrected chi connectivity index (χ4v) is 7.98. The van der Waals surface area contributed by atoms with Gasteiger partial charge in [-0.2, -0.15) is 0 Å². The average Bonchev–Trinajstić information content (AvgIpc) is 3.47. The molecule has 5 rings (SSSR count). The number of esters is 1. The summed E-state index contributed by atoms with van der Waals surface area (Å²) in [5, 5.41) is 9.17. The van der Waals surface area contributed by atoms with Crippen molar-refractivity contribution in [1.29, 1.82) is 0 Å². The molecule has 3 amide bonds. The quantitative estimate of drug-likeness (QED) is 0.0760. The molecule has 8 nitrogen and oxygen atoms in total. The Morgan fingerprint density at radius 2 is 1.69 bits per heavy atom. The fourth-order valence-electron chi connectivity index (χ4n) is 5.33. The van der Waals surface area contributed by atoms with Gasteiger partial charge in [0.1, 0.15) is 10.7 Å². The first kappa shape index (κ1) is 36.2. The highest BCUT2D eigenvalue weighted by atomic mass is 35.5. The summed E-state index contributed by atoms with van der Waals surface area (Å²) in [5.74, 6) is -1.69. The maximum Gasteiger partial charge on any atom is 0.341 e. The van der Waals surface area contributed by atoms with E-state index in [0.717, 1.165) is 41.0 Å². The highest BCUT2D eigenvalue weighted by Gasteiger charge is 2.29. The van der Waals surface area contributed by atoms with Gasteiger partial charge >= 0.3 is 5.97 Å². The minimum absolute atomic E-state index is 0.0436. The van der Waals surface area contributed by atoms with Crippen LogP contribution in [0.5, 0.6) is 0 Å². The van der Waals surface area contributed by atoms with Gasteiger partial charge in [-0.15, -0.1) is 23.1 Å². The number of carbonyl (C=O) groups is 4. The number of thiophene rings is 1. The van der Waals surface area contributed by atoms with Crippen molar-refractivity contribution in [3.63, 3.8) is 0 Å². The maximum atomic E-state index is 13.6. The monoisotopic (exact) mass is 735 g/mol. The lowest BCUT2D eigenvalue weighted by atomic mass is 9.95. The minimum Gasteiger partial charge on any atom is -0.462 e. The van der Waals surface area contributed by atoms with Crippen LogP contribution in [-0.2, 0) is 27.2 Å². The van der Waals surface area contributed by atoms with E-state index in [9.17, 15) is 19.2 Å². The second kappa shape index (κ2) is 17.0. The van der Waals surface area contributed by atoms with E-state index in [1.807, 2.05) is 13.0 Å². The third kappa shape index (κ3) is 9.13.